The lowest BCUT2D eigenvalue weighted by Gasteiger charge is -2.14. The second-order valence-corrected chi connectivity index (χ2v) is 4.12. The maximum Gasteiger partial charge on any atom is 0.242 e. The molecule has 5 heteroatoms. The number of hydrogen-bond donors (Lipinski definition) is 2. The zero-order valence-corrected chi connectivity index (χ0v) is 10.3. The quantitative estimate of drug-likeness (QED) is 0.717. The fourth-order valence-electron chi connectivity index (χ4n) is 0.803. The molecule has 0 aliphatic carbocycles. The van der Waals surface area contributed by atoms with Crippen LogP contribution in [0.15, 0.2) is 0 Å². The van der Waals surface area contributed by atoms with Crippen molar-refractivity contribution in [3.8, 4) is 0 Å². The van der Waals surface area contributed by atoms with Gasteiger partial charge in [-0.3, -0.25) is 9.59 Å². The Bertz CT molecular complexity index is 207. The second kappa shape index (κ2) is 6.81. The highest BCUT2D eigenvalue weighted by Gasteiger charge is 2.14. The first-order valence-electron chi connectivity index (χ1n) is 4.60. The molecular formula is C9H17BrN2O2. The molecule has 0 aliphatic heterocycles. The van der Waals surface area contributed by atoms with E-state index in [4.69, 9.17) is 0 Å². The molecule has 0 rings (SSSR count). The lowest BCUT2D eigenvalue weighted by molar-refractivity contribution is -0.127. The first kappa shape index (κ1) is 13.4. The first-order valence-corrected chi connectivity index (χ1v) is 5.72. The van der Waals surface area contributed by atoms with E-state index >= 15 is 0 Å². The van der Waals surface area contributed by atoms with Gasteiger partial charge in [-0.1, -0.05) is 29.8 Å². The van der Waals surface area contributed by atoms with E-state index in [1.54, 1.807) is 6.92 Å². The SMILES string of the molecule is CC(C)CNC(=O)C(C)NC(=O)CBr. The van der Waals surface area contributed by atoms with Gasteiger partial charge < -0.3 is 10.6 Å². The maximum atomic E-state index is 11.4. The average molecular weight is 265 g/mol. The summed E-state index contributed by atoms with van der Waals surface area (Å²) in [5.41, 5.74) is 0. The molecule has 2 N–H and O–H groups in total. The molecule has 0 fully saturated rings. The van der Waals surface area contributed by atoms with Gasteiger partial charge in [0.15, 0.2) is 0 Å². The summed E-state index contributed by atoms with van der Waals surface area (Å²) in [7, 11) is 0. The molecular weight excluding hydrogens is 248 g/mol. The predicted octanol–water partition coefficient (Wildman–Crippen LogP) is 0.658. The summed E-state index contributed by atoms with van der Waals surface area (Å²) in [5.74, 6) is 0.0863. The minimum atomic E-state index is -0.473. The molecule has 14 heavy (non-hydrogen) atoms. The number of alkyl halides is 1. The average Bonchev–Trinajstić information content (AvgIpc) is 2.13. The number of carbonyl (C=O) groups is 2. The molecule has 0 aliphatic rings. The topological polar surface area (TPSA) is 58.2 Å². The smallest absolute Gasteiger partial charge is 0.242 e. The molecule has 0 saturated carbocycles. The van der Waals surface area contributed by atoms with Crippen LogP contribution in [0.25, 0.3) is 0 Å². The van der Waals surface area contributed by atoms with Crippen LogP contribution in [0.4, 0.5) is 0 Å². The van der Waals surface area contributed by atoms with Crippen LogP contribution in [0.5, 0.6) is 0 Å². The van der Waals surface area contributed by atoms with Gasteiger partial charge in [-0.15, -0.1) is 0 Å². The lowest BCUT2D eigenvalue weighted by Crippen LogP contribution is -2.46. The van der Waals surface area contributed by atoms with Crippen molar-refractivity contribution in [3.63, 3.8) is 0 Å². The van der Waals surface area contributed by atoms with E-state index in [0.717, 1.165) is 0 Å². The Morgan fingerprint density at radius 1 is 1.29 bits per heavy atom. The zero-order chi connectivity index (χ0) is 11.1. The normalized spacial score (nSPS) is 12.4. The Hall–Kier alpha value is -0.580. The zero-order valence-electron chi connectivity index (χ0n) is 8.76. The minimum Gasteiger partial charge on any atom is -0.354 e. The van der Waals surface area contributed by atoms with E-state index < -0.39 is 6.04 Å². The maximum absolute atomic E-state index is 11.4. The van der Waals surface area contributed by atoms with Gasteiger partial charge in [-0.2, -0.15) is 0 Å². The Labute approximate surface area is 92.9 Å². The molecule has 0 heterocycles. The molecule has 0 saturated heterocycles. The first-order chi connectivity index (χ1) is 6.47. The van der Waals surface area contributed by atoms with Gasteiger partial charge in [0.1, 0.15) is 6.04 Å². The summed E-state index contributed by atoms with van der Waals surface area (Å²) in [6, 6.07) is -0.473. The summed E-state index contributed by atoms with van der Waals surface area (Å²) < 4.78 is 0. The monoisotopic (exact) mass is 264 g/mol. The van der Waals surface area contributed by atoms with Gasteiger partial charge in [0.05, 0.1) is 5.33 Å². The van der Waals surface area contributed by atoms with Gasteiger partial charge in [0, 0.05) is 6.54 Å². The summed E-state index contributed by atoms with van der Waals surface area (Å²) in [6.07, 6.45) is 0. The van der Waals surface area contributed by atoms with Crippen LogP contribution in [0.3, 0.4) is 0 Å². The molecule has 0 aromatic rings. The van der Waals surface area contributed by atoms with Crippen LogP contribution in [0, 0.1) is 5.92 Å². The molecule has 0 radical (unpaired) electrons. The summed E-state index contributed by atoms with van der Waals surface area (Å²) in [5, 5.41) is 5.51. The van der Waals surface area contributed by atoms with E-state index in [9.17, 15) is 9.59 Å². The molecule has 0 bridgehead atoms. The number of halogens is 1. The third-order valence-electron chi connectivity index (χ3n) is 1.58. The molecule has 4 nitrogen and oxygen atoms in total. The van der Waals surface area contributed by atoms with E-state index in [-0.39, 0.29) is 17.1 Å². The van der Waals surface area contributed by atoms with Crippen LogP contribution in [-0.2, 0) is 9.59 Å². The Kier molecular flexibility index (Phi) is 6.53. The van der Waals surface area contributed by atoms with Crippen molar-refractivity contribution in [2.75, 3.05) is 11.9 Å². The molecule has 0 spiro atoms. The Morgan fingerprint density at radius 3 is 2.29 bits per heavy atom. The third kappa shape index (κ3) is 5.96. The molecule has 1 atom stereocenters. The largest absolute Gasteiger partial charge is 0.354 e. The van der Waals surface area contributed by atoms with Gasteiger partial charge >= 0.3 is 0 Å². The van der Waals surface area contributed by atoms with Crippen molar-refractivity contribution in [2.45, 2.75) is 26.8 Å². The van der Waals surface area contributed by atoms with Crippen molar-refractivity contribution in [1.82, 2.24) is 10.6 Å². The van der Waals surface area contributed by atoms with Crippen LogP contribution >= 0.6 is 15.9 Å². The van der Waals surface area contributed by atoms with Crippen LogP contribution in [-0.4, -0.2) is 29.7 Å². The van der Waals surface area contributed by atoms with E-state index in [1.165, 1.54) is 0 Å². The van der Waals surface area contributed by atoms with Crippen molar-refractivity contribution in [3.05, 3.63) is 0 Å². The Morgan fingerprint density at radius 2 is 1.86 bits per heavy atom. The van der Waals surface area contributed by atoms with Crippen molar-refractivity contribution in [1.29, 1.82) is 0 Å². The van der Waals surface area contributed by atoms with Gasteiger partial charge in [-0.25, -0.2) is 0 Å². The van der Waals surface area contributed by atoms with E-state index in [1.807, 2.05) is 13.8 Å². The fourth-order valence-corrected chi connectivity index (χ4v) is 0.965. The van der Waals surface area contributed by atoms with Gasteiger partial charge in [0.25, 0.3) is 0 Å². The summed E-state index contributed by atoms with van der Waals surface area (Å²) in [6.45, 7) is 6.33. The van der Waals surface area contributed by atoms with Crippen LogP contribution < -0.4 is 10.6 Å². The summed E-state index contributed by atoms with van der Waals surface area (Å²) in [4.78, 5) is 22.3. The number of nitrogens with one attached hydrogen (secondary N) is 2. The Balaban J connectivity index is 3.82. The lowest BCUT2D eigenvalue weighted by atomic mass is 10.2. The highest BCUT2D eigenvalue weighted by molar-refractivity contribution is 9.09. The van der Waals surface area contributed by atoms with Crippen molar-refractivity contribution < 1.29 is 9.59 Å². The third-order valence-corrected chi connectivity index (χ3v) is 2.09. The second-order valence-electron chi connectivity index (χ2n) is 3.56. The number of carbonyl (C=O) groups excluding carboxylic acids is 2. The van der Waals surface area contributed by atoms with Crippen LogP contribution in [0.1, 0.15) is 20.8 Å². The molecule has 0 aromatic carbocycles. The number of hydrogen-bond acceptors (Lipinski definition) is 2. The predicted molar refractivity (Wildman–Crippen MR) is 59.2 cm³/mol. The van der Waals surface area contributed by atoms with Crippen molar-refractivity contribution >= 4 is 27.7 Å². The van der Waals surface area contributed by atoms with E-state index in [2.05, 4.69) is 26.6 Å². The minimum absolute atomic E-state index is 0.145. The molecule has 1 unspecified atom stereocenters. The van der Waals surface area contributed by atoms with Gasteiger partial charge in [0.2, 0.25) is 11.8 Å². The van der Waals surface area contributed by atoms with Crippen LogP contribution in [0.2, 0.25) is 0 Å². The molecule has 0 aromatic heterocycles. The standard InChI is InChI=1S/C9H17BrN2O2/c1-6(2)5-11-9(14)7(3)12-8(13)4-10/h6-7H,4-5H2,1-3H3,(H,11,14)(H,12,13). The summed E-state index contributed by atoms with van der Waals surface area (Å²) >= 11 is 3.01. The number of amides is 2. The molecule has 2 amide bonds. The molecule has 82 valence electrons. The number of rotatable bonds is 5. The highest BCUT2D eigenvalue weighted by atomic mass is 79.9. The van der Waals surface area contributed by atoms with Crippen molar-refractivity contribution in [2.24, 2.45) is 5.92 Å². The highest BCUT2D eigenvalue weighted by Crippen LogP contribution is 1.90. The van der Waals surface area contributed by atoms with Gasteiger partial charge in [-0.05, 0) is 12.8 Å². The van der Waals surface area contributed by atoms with E-state index in [0.29, 0.717) is 12.5 Å². The fraction of sp³-hybridized carbons (Fsp3) is 0.778.